The summed E-state index contributed by atoms with van der Waals surface area (Å²) in [4.78, 5) is 34.8. The molecule has 2 unspecified atom stereocenters. The average Bonchev–Trinajstić information content (AvgIpc) is 2.84. The van der Waals surface area contributed by atoms with E-state index in [2.05, 4.69) is 12.2 Å². The molecule has 0 bridgehead atoms. The number of esters is 2. The van der Waals surface area contributed by atoms with Crippen LogP contribution in [0.25, 0.3) is 0 Å². The van der Waals surface area contributed by atoms with Gasteiger partial charge in [0.15, 0.2) is 12.2 Å². The zero-order valence-corrected chi connectivity index (χ0v) is 21.9. The van der Waals surface area contributed by atoms with E-state index in [-0.39, 0.29) is 0 Å². The quantitative estimate of drug-likeness (QED) is 0.154. The van der Waals surface area contributed by atoms with Gasteiger partial charge < -0.3 is 19.9 Å². The molecule has 0 radical (unpaired) electrons. The largest absolute Gasteiger partial charge is 0.479 e. The second-order valence-corrected chi connectivity index (χ2v) is 9.21. The number of carbonyl (C=O) groups excluding carboxylic acids is 2. The van der Waals surface area contributed by atoms with Crippen LogP contribution in [0, 0.1) is 0 Å². The average molecular weight is 492 g/mol. The third kappa shape index (κ3) is 14.4. The summed E-state index contributed by atoms with van der Waals surface area (Å²) in [7, 11) is 0. The number of aliphatic carboxylic acids is 1. The molecule has 0 aliphatic carbocycles. The van der Waals surface area contributed by atoms with E-state index >= 15 is 0 Å². The fourth-order valence-electron chi connectivity index (χ4n) is 3.70. The highest BCUT2D eigenvalue weighted by atomic mass is 16.6. The maximum Gasteiger partial charge on any atom is 0.348 e. The van der Waals surface area contributed by atoms with Crippen molar-refractivity contribution in [1.29, 1.82) is 0 Å². The molecule has 35 heavy (non-hydrogen) atoms. The van der Waals surface area contributed by atoms with Gasteiger partial charge in [0, 0.05) is 12.2 Å². The Morgan fingerprint density at radius 3 is 1.71 bits per heavy atom. The second-order valence-electron chi connectivity index (χ2n) is 9.21. The molecule has 2 atom stereocenters. The van der Waals surface area contributed by atoms with Crippen molar-refractivity contribution >= 4 is 23.6 Å². The number of carboxylic acids is 1. The van der Waals surface area contributed by atoms with Crippen LogP contribution in [0.15, 0.2) is 24.3 Å². The van der Waals surface area contributed by atoms with Crippen LogP contribution in [-0.2, 0) is 19.1 Å². The first kappa shape index (κ1) is 30.5. The first-order chi connectivity index (χ1) is 16.8. The van der Waals surface area contributed by atoms with Crippen molar-refractivity contribution in [2.45, 2.75) is 116 Å². The van der Waals surface area contributed by atoms with Gasteiger partial charge in [0.05, 0.1) is 5.56 Å². The van der Waals surface area contributed by atoms with Crippen LogP contribution in [-0.4, -0.2) is 41.8 Å². The molecule has 1 aromatic rings. The highest BCUT2D eigenvalue weighted by Crippen LogP contribution is 2.14. The molecule has 0 saturated carbocycles. The van der Waals surface area contributed by atoms with E-state index in [1.807, 2.05) is 0 Å². The van der Waals surface area contributed by atoms with E-state index in [1.165, 1.54) is 90.9 Å². The molecule has 0 aromatic heterocycles. The summed E-state index contributed by atoms with van der Waals surface area (Å²) in [6.07, 6.45) is 14.8. The van der Waals surface area contributed by atoms with Crippen LogP contribution in [0.5, 0.6) is 0 Å². The Balaban J connectivity index is 2.12. The summed E-state index contributed by atoms with van der Waals surface area (Å²) in [5.74, 6) is -2.83. The number of anilines is 1. The number of unbranched alkanes of at least 4 members (excludes halogenated alkanes) is 12. The number of benzene rings is 1. The van der Waals surface area contributed by atoms with Crippen LogP contribution in [0.2, 0.25) is 0 Å². The lowest BCUT2D eigenvalue weighted by molar-refractivity contribution is -0.168. The molecule has 1 aromatic carbocycles. The topological polar surface area (TPSA) is 102 Å². The van der Waals surface area contributed by atoms with E-state index in [1.54, 1.807) is 24.3 Å². The first-order valence-electron chi connectivity index (χ1n) is 13.3. The third-order valence-electron chi connectivity index (χ3n) is 5.99. The Labute approximate surface area is 211 Å². The van der Waals surface area contributed by atoms with Gasteiger partial charge in [-0.1, -0.05) is 84.0 Å². The minimum atomic E-state index is -1.30. The summed E-state index contributed by atoms with van der Waals surface area (Å²) in [6, 6.07) is 6.86. The first-order valence-corrected chi connectivity index (χ1v) is 13.3. The highest BCUT2D eigenvalue weighted by molar-refractivity contribution is 5.92. The molecule has 0 amide bonds. The van der Waals surface area contributed by atoms with Gasteiger partial charge in [0.25, 0.3) is 0 Å². The molecule has 0 heterocycles. The van der Waals surface area contributed by atoms with Crippen LogP contribution in [0.4, 0.5) is 5.69 Å². The van der Waals surface area contributed by atoms with E-state index in [0.717, 1.165) is 18.7 Å². The Morgan fingerprint density at radius 2 is 1.23 bits per heavy atom. The summed E-state index contributed by atoms with van der Waals surface area (Å²) in [5.41, 5.74) is 1.23. The maximum atomic E-state index is 12.2. The highest BCUT2D eigenvalue weighted by Gasteiger charge is 2.24. The number of carbonyl (C=O) groups is 3. The monoisotopic (exact) mass is 491 g/mol. The summed E-state index contributed by atoms with van der Waals surface area (Å²) in [5, 5.41) is 12.1. The van der Waals surface area contributed by atoms with Crippen molar-refractivity contribution in [2.24, 2.45) is 0 Å². The lowest BCUT2D eigenvalue weighted by atomic mass is 10.0. The molecule has 7 heteroatoms. The van der Waals surface area contributed by atoms with Gasteiger partial charge in [-0.3, -0.25) is 0 Å². The van der Waals surface area contributed by atoms with Gasteiger partial charge in [-0.05, 0) is 44.5 Å². The maximum absolute atomic E-state index is 12.2. The summed E-state index contributed by atoms with van der Waals surface area (Å²) in [6.45, 7) is 5.72. The summed E-state index contributed by atoms with van der Waals surface area (Å²) < 4.78 is 9.80. The number of hydrogen-bond acceptors (Lipinski definition) is 6. The van der Waals surface area contributed by atoms with Gasteiger partial charge in [-0.2, -0.15) is 0 Å². The van der Waals surface area contributed by atoms with E-state index < -0.39 is 30.1 Å². The van der Waals surface area contributed by atoms with Gasteiger partial charge in [0.1, 0.15) is 0 Å². The Kier molecular flexibility index (Phi) is 16.3. The lowest BCUT2D eigenvalue weighted by Gasteiger charge is -2.15. The van der Waals surface area contributed by atoms with Crippen molar-refractivity contribution in [3.8, 4) is 0 Å². The molecule has 0 aliphatic rings. The fourth-order valence-corrected chi connectivity index (χ4v) is 3.70. The van der Waals surface area contributed by atoms with E-state index in [4.69, 9.17) is 14.6 Å². The minimum absolute atomic E-state index is 0.308. The smallest absolute Gasteiger partial charge is 0.348 e. The molecular weight excluding hydrogens is 446 g/mol. The number of rotatable bonds is 20. The molecular formula is C28H45NO6. The Morgan fingerprint density at radius 1 is 0.743 bits per heavy atom. The van der Waals surface area contributed by atoms with E-state index in [0.29, 0.717) is 5.56 Å². The van der Waals surface area contributed by atoms with Gasteiger partial charge in [-0.25, -0.2) is 14.4 Å². The van der Waals surface area contributed by atoms with Crippen molar-refractivity contribution in [2.75, 3.05) is 11.9 Å². The predicted molar refractivity (Wildman–Crippen MR) is 139 cm³/mol. The number of hydrogen-bond donors (Lipinski definition) is 2. The Hall–Kier alpha value is -2.57. The van der Waals surface area contributed by atoms with Crippen molar-refractivity contribution in [3.63, 3.8) is 0 Å². The van der Waals surface area contributed by atoms with Gasteiger partial charge >= 0.3 is 17.9 Å². The minimum Gasteiger partial charge on any atom is -0.479 e. The third-order valence-corrected chi connectivity index (χ3v) is 5.99. The van der Waals surface area contributed by atoms with Crippen molar-refractivity contribution in [1.82, 2.24) is 0 Å². The Bertz CT molecular complexity index is 733. The molecule has 0 saturated heterocycles. The predicted octanol–water partition coefficient (Wildman–Crippen LogP) is 6.75. The fraction of sp³-hybridized carbons (Fsp3) is 0.679. The van der Waals surface area contributed by atoms with Gasteiger partial charge in [0.2, 0.25) is 0 Å². The number of nitrogens with one attached hydrogen (secondary N) is 1. The summed E-state index contributed by atoms with van der Waals surface area (Å²) >= 11 is 0. The standard InChI is InChI=1S/C28H45NO6/c1-4-5-6-7-8-9-10-11-12-13-14-15-16-21-29-25-19-17-24(18-20-25)28(33)35-23(3)27(32)34-22(2)26(30)31/h17-20,22-23,29H,4-16,21H2,1-3H3,(H,30,31). The van der Waals surface area contributed by atoms with Crippen molar-refractivity contribution in [3.05, 3.63) is 29.8 Å². The molecule has 198 valence electrons. The zero-order valence-electron chi connectivity index (χ0n) is 21.9. The number of carboxylic acid groups (broad SMARTS) is 1. The molecule has 7 nitrogen and oxygen atoms in total. The molecule has 1 rings (SSSR count). The molecule has 0 aliphatic heterocycles. The van der Waals surface area contributed by atoms with Gasteiger partial charge in [-0.15, -0.1) is 0 Å². The van der Waals surface area contributed by atoms with Crippen molar-refractivity contribution < 1.29 is 29.0 Å². The SMILES string of the molecule is CCCCCCCCCCCCCCCNc1ccc(C(=O)OC(C)C(=O)OC(C)C(=O)O)cc1. The molecule has 0 fully saturated rings. The van der Waals surface area contributed by atoms with E-state index in [9.17, 15) is 14.4 Å². The molecule has 2 N–H and O–H groups in total. The zero-order chi connectivity index (χ0) is 25.9. The van der Waals surface area contributed by atoms with Crippen LogP contribution >= 0.6 is 0 Å². The van der Waals surface area contributed by atoms with Crippen LogP contribution in [0.1, 0.15) is 115 Å². The van der Waals surface area contributed by atoms with Crippen LogP contribution < -0.4 is 5.32 Å². The molecule has 0 spiro atoms. The number of ether oxygens (including phenoxy) is 2. The van der Waals surface area contributed by atoms with Crippen LogP contribution in [0.3, 0.4) is 0 Å². The normalized spacial score (nSPS) is 12.5. The second kappa shape index (κ2) is 18.7. The lowest BCUT2D eigenvalue weighted by Crippen LogP contribution is -2.32.